The second-order valence-electron chi connectivity index (χ2n) is 4.57. The SMILES string of the molecule is NNC(c1ccc2nccnc2c1)c1cc(Cl)ccc1Cl. The lowest BCUT2D eigenvalue weighted by atomic mass is 9.98. The van der Waals surface area contributed by atoms with Crippen molar-refractivity contribution in [1.82, 2.24) is 15.4 Å². The minimum atomic E-state index is -0.275. The Morgan fingerprint density at radius 3 is 2.48 bits per heavy atom. The van der Waals surface area contributed by atoms with Crippen LogP contribution in [0.4, 0.5) is 0 Å². The summed E-state index contributed by atoms with van der Waals surface area (Å²) in [5.74, 6) is 5.71. The predicted octanol–water partition coefficient (Wildman–Crippen LogP) is 3.49. The summed E-state index contributed by atoms with van der Waals surface area (Å²) in [6.07, 6.45) is 3.32. The number of hydrogen-bond donors (Lipinski definition) is 2. The Morgan fingerprint density at radius 2 is 1.71 bits per heavy atom. The molecule has 1 heterocycles. The number of benzene rings is 2. The minimum Gasteiger partial charge on any atom is -0.271 e. The average Bonchev–Trinajstić information content (AvgIpc) is 2.51. The molecule has 0 radical (unpaired) electrons. The van der Waals surface area contributed by atoms with Crippen LogP contribution in [-0.4, -0.2) is 9.97 Å². The van der Waals surface area contributed by atoms with E-state index in [0.29, 0.717) is 10.0 Å². The fraction of sp³-hybridized carbons (Fsp3) is 0.0667. The summed E-state index contributed by atoms with van der Waals surface area (Å²) >= 11 is 12.3. The molecule has 0 aliphatic heterocycles. The van der Waals surface area contributed by atoms with Crippen LogP contribution in [0.2, 0.25) is 10.0 Å². The van der Waals surface area contributed by atoms with Gasteiger partial charge in [0.15, 0.2) is 0 Å². The Balaban J connectivity index is 2.11. The molecule has 2 aromatic carbocycles. The van der Waals surface area contributed by atoms with Crippen LogP contribution in [0.25, 0.3) is 11.0 Å². The summed E-state index contributed by atoms with van der Waals surface area (Å²) < 4.78 is 0. The van der Waals surface area contributed by atoms with Crippen molar-refractivity contribution in [2.45, 2.75) is 6.04 Å². The Kier molecular flexibility index (Phi) is 4.03. The van der Waals surface area contributed by atoms with Crippen molar-refractivity contribution in [3.05, 3.63) is 70.0 Å². The van der Waals surface area contributed by atoms with Gasteiger partial charge >= 0.3 is 0 Å². The first-order valence-corrected chi connectivity index (χ1v) is 7.06. The van der Waals surface area contributed by atoms with Crippen LogP contribution in [0.1, 0.15) is 17.2 Å². The predicted molar refractivity (Wildman–Crippen MR) is 85.2 cm³/mol. The summed E-state index contributed by atoms with van der Waals surface area (Å²) in [5.41, 5.74) is 6.16. The number of fused-ring (bicyclic) bond motifs is 1. The Hall–Kier alpha value is -1.72. The second-order valence-corrected chi connectivity index (χ2v) is 5.41. The molecule has 0 fully saturated rings. The molecule has 3 N–H and O–H groups in total. The van der Waals surface area contributed by atoms with E-state index in [2.05, 4.69) is 15.4 Å². The maximum atomic E-state index is 6.26. The van der Waals surface area contributed by atoms with Crippen molar-refractivity contribution in [2.24, 2.45) is 5.84 Å². The topological polar surface area (TPSA) is 63.8 Å². The highest BCUT2D eigenvalue weighted by molar-refractivity contribution is 6.33. The lowest BCUT2D eigenvalue weighted by Crippen LogP contribution is -2.29. The Labute approximate surface area is 131 Å². The number of nitrogens with two attached hydrogens (primary N) is 1. The number of nitrogens with zero attached hydrogens (tertiary/aromatic N) is 2. The maximum Gasteiger partial charge on any atom is 0.0890 e. The van der Waals surface area contributed by atoms with Gasteiger partial charge in [-0.15, -0.1) is 0 Å². The van der Waals surface area contributed by atoms with Crippen molar-refractivity contribution < 1.29 is 0 Å². The molecule has 3 rings (SSSR count). The summed E-state index contributed by atoms with van der Waals surface area (Å²) in [7, 11) is 0. The quantitative estimate of drug-likeness (QED) is 0.573. The molecule has 0 aliphatic rings. The van der Waals surface area contributed by atoms with Crippen LogP contribution in [-0.2, 0) is 0 Å². The van der Waals surface area contributed by atoms with Crippen LogP contribution in [0.5, 0.6) is 0 Å². The largest absolute Gasteiger partial charge is 0.271 e. The first-order valence-electron chi connectivity index (χ1n) is 6.31. The van der Waals surface area contributed by atoms with Gasteiger partial charge in [0.2, 0.25) is 0 Å². The van der Waals surface area contributed by atoms with E-state index in [1.54, 1.807) is 30.6 Å². The Bertz CT molecular complexity index is 791. The molecule has 1 aromatic heterocycles. The fourth-order valence-corrected chi connectivity index (χ4v) is 2.67. The van der Waals surface area contributed by atoms with Gasteiger partial charge in [-0.2, -0.15) is 0 Å². The molecule has 1 atom stereocenters. The van der Waals surface area contributed by atoms with E-state index in [9.17, 15) is 0 Å². The van der Waals surface area contributed by atoms with E-state index in [4.69, 9.17) is 29.0 Å². The van der Waals surface area contributed by atoms with Crippen LogP contribution in [0.15, 0.2) is 48.8 Å². The van der Waals surface area contributed by atoms with Crippen molar-refractivity contribution in [1.29, 1.82) is 0 Å². The fourth-order valence-electron chi connectivity index (χ4n) is 2.26. The summed E-state index contributed by atoms with van der Waals surface area (Å²) in [4.78, 5) is 8.55. The van der Waals surface area contributed by atoms with E-state index < -0.39 is 0 Å². The highest BCUT2D eigenvalue weighted by Gasteiger charge is 2.16. The molecule has 0 spiro atoms. The van der Waals surface area contributed by atoms with E-state index in [1.807, 2.05) is 18.2 Å². The van der Waals surface area contributed by atoms with Gasteiger partial charge in [-0.05, 0) is 41.5 Å². The van der Waals surface area contributed by atoms with Gasteiger partial charge in [0.05, 0.1) is 17.1 Å². The summed E-state index contributed by atoms with van der Waals surface area (Å²) in [5, 5.41) is 1.21. The van der Waals surface area contributed by atoms with Crippen molar-refractivity contribution in [3.63, 3.8) is 0 Å². The third kappa shape index (κ3) is 2.84. The smallest absolute Gasteiger partial charge is 0.0890 e. The third-order valence-corrected chi connectivity index (χ3v) is 3.84. The number of aromatic nitrogens is 2. The summed E-state index contributed by atoms with van der Waals surface area (Å²) in [6.45, 7) is 0. The zero-order valence-corrected chi connectivity index (χ0v) is 12.4. The van der Waals surface area contributed by atoms with Gasteiger partial charge in [-0.1, -0.05) is 29.3 Å². The third-order valence-electron chi connectivity index (χ3n) is 3.26. The molecule has 21 heavy (non-hydrogen) atoms. The molecular formula is C15H12Cl2N4. The standard InChI is InChI=1S/C15H12Cl2N4/c16-10-2-3-12(17)11(8-10)15(21-18)9-1-4-13-14(7-9)20-6-5-19-13/h1-8,15,21H,18H2. The van der Waals surface area contributed by atoms with Gasteiger partial charge in [0.1, 0.15) is 0 Å². The van der Waals surface area contributed by atoms with Crippen LogP contribution in [0.3, 0.4) is 0 Å². The van der Waals surface area contributed by atoms with E-state index in [1.165, 1.54) is 0 Å². The van der Waals surface area contributed by atoms with Crippen molar-refractivity contribution in [3.8, 4) is 0 Å². The highest BCUT2D eigenvalue weighted by Crippen LogP contribution is 2.31. The normalized spacial score (nSPS) is 12.5. The van der Waals surface area contributed by atoms with E-state index in [0.717, 1.165) is 22.2 Å². The number of hydrogen-bond acceptors (Lipinski definition) is 4. The lowest BCUT2D eigenvalue weighted by molar-refractivity contribution is 0.637. The minimum absolute atomic E-state index is 0.275. The van der Waals surface area contributed by atoms with E-state index >= 15 is 0 Å². The van der Waals surface area contributed by atoms with Crippen LogP contribution < -0.4 is 11.3 Å². The maximum absolute atomic E-state index is 6.26. The van der Waals surface area contributed by atoms with Crippen LogP contribution in [0, 0.1) is 0 Å². The second kappa shape index (κ2) is 5.95. The van der Waals surface area contributed by atoms with E-state index in [-0.39, 0.29) is 6.04 Å². The zero-order chi connectivity index (χ0) is 14.8. The number of nitrogens with one attached hydrogen (secondary N) is 1. The number of rotatable bonds is 3. The molecule has 0 bridgehead atoms. The first kappa shape index (κ1) is 14.2. The van der Waals surface area contributed by atoms with Crippen molar-refractivity contribution in [2.75, 3.05) is 0 Å². The van der Waals surface area contributed by atoms with Gasteiger partial charge in [-0.25, -0.2) is 5.43 Å². The zero-order valence-electron chi connectivity index (χ0n) is 10.9. The molecule has 1 unspecified atom stereocenters. The molecule has 0 aliphatic carbocycles. The van der Waals surface area contributed by atoms with Gasteiger partial charge in [0.25, 0.3) is 0 Å². The molecule has 106 valence electrons. The number of halogens is 2. The highest BCUT2D eigenvalue weighted by atomic mass is 35.5. The molecular weight excluding hydrogens is 307 g/mol. The molecule has 0 saturated heterocycles. The van der Waals surface area contributed by atoms with Crippen molar-refractivity contribution >= 4 is 34.2 Å². The number of hydrazine groups is 1. The summed E-state index contributed by atoms with van der Waals surface area (Å²) in [6, 6.07) is 10.8. The lowest BCUT2D eigenvalue weighted by Gasteiger charge is -2.18. The molecule has 0 amide bonds. The monoisotopic (exact) mass is 318 g/mol. The molecule has 6 heteroatoms. The van der Waals surface area contributed by atoms with Gasteiger partial charge in [-0.3, -0.25) is 15.8 Å². The Morgan fingerprint density at radius 1 is 0.952 bits per heavy atom. The van der Waals surface area contributed by atoms with Gasteiger partial charge < -0.3 is 0 Å². The molecule has 3 aromatic rings. The molecule has 0 saturated carbocycles. The van der Waals surface area contributed by atoms with Crippen LogP contribution >= 0.6 is 23.2 Å². The first-order chi connectivity index (χ1) is 10.2. The average molecular weight is 319 g/mol. The molecule has 4 nitrogen and oxygen atoms in total. The van der Waals surface area contributed by atoms with Gasteiger partial charge in [0, 0.05) is 22.4 Å².